The van der Waals surface area contributed by atoms with E-state index in [1.165, 1.54) is 0 Å². The number of nitrogens with zero attached hydrogens (tertiary/aromatic N) is 1. The van der Waals surface area contributed by atoms with E-state index in [4.69, 9.17) is 5.53 Å². The molecule has 0 aliphatic heterocycles. The molecule has 0 aliphatic carbocycles. The van der Waals surface area contributed by atoms with Crippen LogP contribution in [0.3, 0.4) is 0 Å². The van der Waals surface area contributed by atoms with Crippen molar-refractivity contribution in [1.82, 2.24) is 0 Å². The molecule has 8 heavy (non-hydrogen) atoms. The smallest absolute Gasteiger partial charge is 0.323 e. The highest BCUT2D eigenvalue weighted by molar-refractivity contribution is 5.67. The van der Waals surface area contributed by atoms with Gasteiger partial charge in [-0.15, -0.1) is 0 Å². The quantitative estimate of drug-likeness (QED) is 0.305. The van der Waals surface area contributed by atoms with Gasteiger partial charge in [0.15, 0.2) is 0 Å². The maximum atomic E-state index is 10.6. The number of amides is 1. The van der Waals surface area contributed by atoms with Crippen LogP contribution in [0.2, 0.25) is 0 Å². The summed E-state index contributed by atoms with van der Waals surface area (Å²) in [5.41, 5.74) is 6.78. The van der Waals surface area contributed by atoms with Crippen LogP contribution < -0.4 is 22.9 Å². The molecule has 4 heteroatoms. The molecule has 1 amide bonds. The first-order valence-electron chi connectivity index (χ1n) is 2.26. The standard InChI is InChI=1S/C4H8IN2O/c1-3(2)4(8)7(5)6/h3,6H,1-2H3. The summed E-state index contributed by atoms with van der Waals surface area (Å²) >= 11 is 1.63. The van der Waals surface area contributed by atoms with Crippen LogP contribution >= 0.6 is 0 Å². The van der Waals surface area contributed by atoms with Gasteiger partial charge in [0.2, 0.25) is 0 Å². The highest BCUT2D eigenvalue weighted by Crippen LogP contribution is 1.89. The molecule has 0 aliphatic rings. The summed E-state index contributed by atoms with van der Waals surface area (Å²) in [5.74, 6) is -0.227. The van der Waals surface area contributed by atoms with Crippen molar-refractivity contribution < 1.29 is 30.6 Å². The van der Waals surface area contributed by atoms with E-state index in [-0.39, 0.29) is 11.8 Å². The lowest BCUT2D eigenvalue weighted by molar-refractivity contribution is -1.05. The summed E-state index contributed by atoms with van der Waals surface area (Å²) in [4.78, 5) is 10.6. The molecule has 0 unspecified atom stereocenters. The first-order chi connectivity index (χ1) is 3.55. The number of carbonyl (C=O) groups is 1. The fraction of sp³-hybridized carbons (Fsp3) is 0.750. The Morgan fingerprint density at radius 2 is 2.12 bits per heavy atom. The van der Waals surface area contributed by atoms with Gasteiger partial charge in [-0.2, -0.15) is 0 Å². The number of rotatable bonds is 1. The first kappa shape index (κ1) is 8.00. The van der Waals surface area contributed by atoms with Crippen LogP contribution in [0.5, 0.6) is 0 Å². The van der Waals surface area contributed by atoms with Crippen molar-refractivity contribution in [2.45, 2.75) is 13.8 Å². The maximum absolute atomic E-state index is 10.6. The van der Waals surface area contributed by atoms with E-state index >= 15 is 0 Å². The van der Waals surface area contributed by atoms with E-state index < -0.39 is 0 Å². The Kier molecular flexibility index (Phi) is 3.11. The molecule has 47 valence electrons. The molecule has 0 aromatic rings. The molecule has 0 aromatic heterocycles. The summed E-state index contributed by atoms with van der Waals surface area (Å²) in [7, 11) is 0. The van der Waals surface area contributed by atoms with E-state index in [1.54, 1.807) is 36.7 Å². The highest BCUT2D eigenvalue weighted by Gasteiger charge is 2.11. The van der Waals surface area contributed by atoms with Crippen LogP contribution in [-0.4, -0.2) is 8.82 Å². The van der Waals surface area contributed by atoms with Gasteiger partial charge >= 0.3 is 5.91 Å². The lowest BCUT2D eigenvalue weighted by Gasteiger charge is -1.98. The SMILES string of the molecule is CC(C)C(=O)[N+](=N)[I-]. The van der Waals surface area contributed by atoms with Crippen molar-refractivity contribution in [3.05, 3.63) is 0 Å². The number of nitrogens with one attached hydrogen (secondary N) is 1. The fourth-order valence-electron chi connectivity index (χ4n) is 0.227. The van der Waals surface area contributed by atoms with Gasteiger partial charge < -0.3 is 22.9 Å². The maximum Gasteiger partial charge on any atom is 0.388 e. The Morgan fingerprint density at radius 1 is 1.75 bits per heavy atom. The van der Waals surface area contributed by atoms with Crippen molar-refractivity contribution in [3.63, 3.8) is 0 Å². The van der Waals surface area contributed by atoms with Gasteiger partial charge in [0, 0.05) is 0 Å². The average molecular weight is 227 g/mol. The third-order valence-corrected chi connectivity index (χ3v) is 1.16. The van der Waals surface area contributed by atoms with Crippen LogP contribution in [0.15, 0.2) is 0 Å². The van der Waals surface area contributed by atoms with Gasteiger partial charge in [-0.3, -0.25) is 0 Å². The van der Waals surface area contributed by atoms with E-state index in [0.29, 0.717) is 0 Å². The van der Waals surface area contributed by atoms with E-state index in [0.717, 1.165) is 2.91 Å². The number of halogens is 1. The summed E-state index contributed by atoms with van der Waals surface area (Å²) < 4.78 is 0.822. The van der Waals surface area contributed by atoms with Crippen molar-refractivity contribution >= 4 is 5.91 Å². The Balaban J connectivity index is 3.84. The van der Waals surface area contributed by atoms with Crippen molar-refractivity contribution in [3.8, 4) is 0 Å². The lowest BCUT2D eigenvalue weighted by atomic mass is 10.2. The summed E-state index contributed by atoms with van der Waals surface area (Å²) in [6.07, 6.45) is 0. The van der Waals surface area contributed by atoms with Gasteiger partial charge in [0.1, 0.15) is 0 Å². The molecule has 0 rings (SSSR count). The molecule has 0 fully saturated rings. The highest BCUT2D eigenvalue weighted by atomic mass is 127. The molecule has 0 heterocycles. The first-order valence-corrected chi connectivity index (χ1v) is 3.23. The second kappa shape index (κ2) is 3.11. The van der Waals surface area contributed by atoms with E-state index in [9.17, 15) is 4.79 Å². The summed E-state index contributed by atoms with van der Waals surface area (Å²) in [5, 5.41) is 0. The molecule has 1 N–H and O–H groups in total. The predicted molar refractivity (Wildman–Crippen MR) is 22.8 cm³/mol. The van der Waals surface area contributed by atoms with E-state index in [1.807, 2.05) is 0 Å². The minimum Gasteiger partial charge on any atom is -0.323 e. The Labute approximate surface area is 62.1 Å². The molecule has 0 atom stereocenters. The zero-order valence-corrected chi connectivity index (χ0v) is 6.97. The minimum atomic E-state index is -0.161. The van der Waals surface area contributed by atoms with Crippen molar-refractivity contribution in [1.29, 1.82) is 5.53 Å². The van der Waals surface area contributed by atoms with Gasteiger partial charge in [-0.25, -0.2) is 7.71 Å². The zero-order chi connectivity index (χ0) is 6.73. The topological polar surface area (TPSA) is 43.9 Å². The molecule has 3 nitrogen and oxygen atoms in total. The van der Waals surface area contributed by atoms with Crippen LogP contribution in [0.4, 0.5) is 0 Å². The lowest BCUT2D eigenvalue weighted by Crippen LogP contribution is -3.39. The molecule has 0 spiro atoms. The van der Waals surface area contributed by atoms with Crippen LogP contribution in [0.1, 0.15) is 13.8 Å². The monoisotopic (exact) mass is 227 g/mol. The fourth-order valence-corrected chi connectivity index (χ4v) is 0.784. The Bertz CT molecular complexity index is 121. The predicted octanol–water partition coefficient (Wildman–Crippen LogP) is -2.32. The van der Waals surface area contributed by atoms with Crippen LogP contribution in [0, 0.1) is 11.4 Å². The minimum absolute atomic E-state index is 0.0654. The number of hydrogen-bond donors (Lipinski definition) is 1. The molecule has 1 radical (unpaired) electrons. The normalized spacial score (nSPS) is 9.50. The van der Waals surface area contributed by atoms with Crippen molar-refractivity contribution in [2.24, 2.45) is 5.92 Å². The molecular formula is C4H8IN2O. The van der Waals surface area contributed by atoms with Crippen molar-refractivity contribution in [2.75, 3.05) is 0 Å². The van der Waals surface area contributed by atoms with Gasteiger partial charge in [-0.1, -0.05) is 5.53 Å². The zero-order valence-electron chi connectivity index (χ0n) is 4.81. The average Bonchev–Trinajstić information content (AvgIpc) is 1.64. The molecule has 0 saturated carbocycles. The molecule has 0 aromatic carbocycles. The molecule has 0 saturated heterocycles. The van der Waals surface area contributed by atoms with Gasteiger partial charge in [0.05, 0.1) is 5.92 Å². The van der Waals surface area contributed by atoms with Gasteiger partial charge in [0.25, 0.3) is 0 Å². The van der Waals surface area contributed by atoms with Crippen LogP contribution in [-0.2, 0) is 4.79 Å². The third kappa shape index (κ3) is 2.34. The second-order valence-corrected chi connectivity index (χ2v) is 2.74. The largest absolute Gasteiger partial charge is 0.388 e. The van der Waals surface area contributed by atoms with Crippen LogP contribution in [0.25, 0.3) is 0 Å². The second-order valence-electron chi connectivity index (χ2n) is 1.77. The molecule has 0 bridgehead atoms. The Morgan fingerprint density at radius 3 is 2.12 bits per heavy atom. The van der Waals surface area contributed by atoms with Gasteiger partial charge in [-0.05, 0) is 13.8 Å². The molecular weight excluding hydrogens is 219 g/mol. The summed E-state index contributed by atoms with van der Waals surface area (Å²) in [6, 6.07) is 0. The summed E-state index contributed by atoms with van der Waals surface area (Å²) in [6.45, 7) is 3.53. The number of carbonyl (C=O) groups excluding carboxylic acids is 1. The van der Waals surface area contributed by atoms with E-state index in [2.05, 4.69) is 0 Å². The third-order valence-electron chi connectivity index (χ3n) is 0.687. The Hall–Kier alpha value is 0. The number of hydrogen-bond acceptors (Lipinski definition) is 2.